The first kappa shape index (κ1) is 20.1. The number of hydrogen-bond acceptors (Lipinski definition) is 4. The number of aromatic nitrogens is 1. The number of piperazine rings is 1. The van der Waals surface area contributed by atoms with Gasteiger partial charge in [0.25, 0.3) is 11.8 Å². The predicted molar refractivity (Wildman–Crippen MR) is 123 cm³/mol. The fraction of sp³-hybridized carbons (Fsp3) is 0.292. The highest BCUT2D eigenvalue weighted by atomic mass is 31.0. The molecule has 1 aliphatic heterocycles. The van der Waals surface area contributed by atoms with Crippen molar-refractivity contribution in [1.82, 2.24) is 14.8 Å². The molecule has 0 spiro atoms. The first-order chi connectivity index (χ1) is 14.9. The molecule has 2 heterocycles. The van der Waals surface area contributed by atoms with Gasteiger partial charge in [-0.05, 0) is 48.5 Å². The summed E-state index contributed by atoms with van der Waals surface area (Å²) in [5.41, 5.74) is 2.25. The monoisotopic (exact) mass is 433 g/mol. The van der Waals surface area contributed by atoms with E-state index in [2.05, 4.69) is 21.4 Å². The van der Waals surface area contributed by atoms with Gasteiger partial charge in [-0.15, -0.1) is 9.24 Å². The maximum absolute atomic E-state index is 12.9. The summed E-state index contributed by atoms with van der Waals surface area (Å²) in [6.45, 7) is 1.88. The molecular formula is C24H24N3O3P. The molecule has 5 rings (SSSR count). The minimum absolute atomic E-state index is 0.0387. The largest absolute Gasteiger partial charge is 0.380 e. The smallest absolute Gasteiger partial charge is 0.254 e. The summed E-state index contributed by atoms with van der Waals surface area (Å²) in [4.78, 5) is 33.3. The SMILES string of the molecule is O=C(c1ccc(-c2ccc3cc(P)ccc3n2)cc1)N1CCN(C(=O)C2(O)CC2)CC1. The Balaban J connectivity index is 1.26. The van der Waals surface area contributed by atoms with Gasteiger partial charge in [-0.3, -0.25) is 9.59 Å². The van der Waals surface area contributed by atoms with E-state index in [0.29, 0.717) is 44.6 Å². The molecule has 31 heavy (non-hydrogen) atoms. The summed E-state index contributed by atoms with van der Waals surface area (Å²) in [5.74, 6) is -0.232. The molecule has 2 aliphatic rings. The Hall–Kier alpha value is -2.82. The second kappa shape index (κ2) is 7.70. The van der Waals surface area contributed by atoms with E-state index in [1.165, 1.54) is 0 Å². The number of pyridine rings is 1. The molecule has 1 atom stereocenters. The van der Waals surface area contributed by atoms with Crippen molar-refractivity contribution in [3.8, 4) is 11.3 Å². The van der Waals surface area contributed by atoms with E-state index in [9.17, 15) is 14.7 Å². The number of hydrogen-bond donors (Lipinski definition) is 1. The van der Waals surface area contributed by atoms with E-state index in [1.54, 1.807) is 9.80 Å². The van der Waals surface area contributed by atoms with E-state index in [-0.39, 0.29) is 11.8 Å². The van der Waals surface area contributed by atoms with Gasteiger partial charge in [-0.2, -0.15) is 0 Å². The van der Waals surface area contributed by atoms with Gasteiger partial charge in [0.05, 0.1) is 11.2 Å². The van der Waals surface area contributed by atoms with Crippen LogP contribution in [0.5, 0.6) is 0 Å². The quantitative estimate of drug-likeness (QED) is 0.643. The molecule has 2 amide bonds. The van der Waals surface area contributed by atoms with E-state index in [4.69, 9.17) is 4.98 Å². The lowest BCUT2D eigenvalue weighted by atomic mass is 10.1. The molecule has 158 valence electrons. The number of carbonyl (C=O) groups is 2. The molecule has 1 saturated carbocycles. The molecule has 1 unspecified atom stereocenters. The summed E-state index contributed by atoms with van der Waals surface area (Å²) < 4.78 is 0. The van der Waals surface area contributed by atoms with E-state index < -0.39 is 5.60 Å². The average molecular weight is 433 g/mol. The Morgan fingerprint density at radius 1 is 0.903 bits per heavy atom. The lowest BCUT2D eigenvalue weighted by Crippen LogP contribution is -2.53. The molecule has 2 aromatic carbocycles. The highest BCUT2D eigenvalue weighted by Crippen LogP contribution is 2.37. The van der Waals surface area contributed by atoms with Crippen LogP contribution >= 0.6 is 9.24 Å². The summed E-state index contributed by atoms with van der Waals surface area (Å²) in [6, 6.07) is 17.7. The van der Waals surface area contributed by atoms with E-state index in [1.807, 2.05) is 42.5 Å². The lowest BCUT2D eigenvalue weighted by Gasteiger charge is -2.35. The van der Waals surface area contributed by atoms with Crippen LogP contribution in [-0.2, 0) is 4.79 Å². The van der Waals surface area contributed by atoms with Gasteiger partial charge in [0.1, 0.15) is 5.60 Å². The Kier molecular flexibility index (Phi) is 4.99. The van der Waals surface area contributed by atoms with Crippen LogP contribution in [0.2, 0.25) is 0 Å². The number of fused-ring (bicyclic) bond motifs is 1. The second-order valence-electron chi connectivity index (χ2n) is 8.34. The molecule has 7 heteroatoms. The first-order valence-electron chi connectivity index (χ1n) is 10.5. The zero-order valence-corrected chi connectivity index (χ0v) is 18.3. The number of carbonyl (C=O) groups excluding carboxylic acids is 2. The molecule has 0 radical (unpaired) electrons. The molecule has 1 aromatic heterocycles. The van der Waals surface area contributed by atoms with Gasteiger partial charge in [-0.25, -0.2) is 4.98 Å². The third-order valence-corrected chi connectivity index (χ3v) is 6.48. The molecular weight excluding hydrogens is 409 g/mol. The van der Waals surface area contributed by atoms with Crippen LogP contribution in [0.4, 0.5) is 0 Å². The Labute approximate surface area is 183 Å². The van der Waals surface area contributed by atoms with Crippen molar-refractivity contribution in [1.29, 1.82) is 0 Å². The second-order valence-corrected chi connectivity index (χ2v) is 9.01. The molecule has 1 N–H and O–H groups in total. The third kappa shape index (κ3) is 3.93. The van der Waals surface area contributed by atoms with Crippen molar-refractivity contribution in [2.45, 2.75) is 18.4 Å². The molecule has 2 fully saturated rings. The molecule has 1 aliphatic carbocycles. The van der Waals surface area contributed by atoms with Crippen molar-refractivity contribution in [3.05, 3.63) is 60.2 Å². The van der Waals surface area contributed by atoms with Gasteiger partial charge in [0.2, 0.25) is 0 Å². The molecule has 3 aromatic rings. The number of amides is 2. The Morgan fingerprint density at radius 3 is 2.26 bits per heavy atom. The third-order valence-electron chi connectivity index (χ3n) is 6.12. The van der Waals surface area contributed by atoms with Crippen LogP contribution in [-0.4, -0.2) is 63.5 Å². The van der Waals surface area contributed by atoms with Crippen LogP contribution in [0.1, 0.15) is 23.2 Å². The zero-order valence-electron chi connectivity index (χ0n) is 17.1. The Morgan fingerprint density at radius 2 is 1.58 bits per heavy atom. The number of benzene rings is 2. The van der Waals surface area contributed by atoms with Gasteiger partial charge < -0.3 is 14.9 Å². The van der Waals surface area contributed by atoms with Crippen molar-refractivity contribution in [2.24, 2.45) is 0 Å². The summed E-state index contributed by atoms with van der Waals surface area (Å²) in [7, 11) is 2.69. The maximum atomic E-state index is 12.9. The minimum atomic E-state index is -1.14. The molecule has 1 saturated heterocycles. The van der Waals surface area contributed by atoms with Crippen molar-refractivity contribution in [2.75, 3.05) is 26.2 Å². The van der Waals surface area contributed by atoms with Crippen LogP contribution in [0.15, 0.2) is 54.6 Å². The van der Waals surface area contributed by atoms with E-state index >= 15 is 0 Å². The highest BCUT2D eigenvalue weighted by Gasteiger charge is 2.50. The van der Waals surface area contributed by atoms with Gasteiger partial charge >= 0.3 is 0 Å². The lowest BCUT2D eigenvalue weighted by molar-refractivity contribution is -0.143. The van der Waals surface area contributed by atoms with Crippen LogP contribution in [0.25, 0.3) is 22.2 Å². The highest BCUT2D eigenvalue weighted by molar-refractivity contribution is 7.27. The fourth-order valence-electron chi connectivity index (χ4n) is 4.01. The Bertz CT molecular complexity index is 1170. The van der Waals surface area contributed by atoms with Gasteiger partial charge in [0, 0.05) is 42.7 Å². The van der Waals surface area contributed by atoms with Crippen molar-refractivity contribution >= 4 is 37.3 Å². The standard InChI is InChI=1S/C24H24N3O3P/c28-22(26-11-13-27(14-12-26)23(29)24(30)9-10-24)17-3-1-16(2-4-17)20-7-5-18-15-19(31)6-8-21(18)25-20/h1-8,15,30H,9-14,31H2. The van der Waals surface area contributed by atoms with E-state index in [0.717, 1.165) is 27.5 Å². The van der Waals surface area contributed by atoms with Gasteiger partial charge in [-0.1, -0.05) is 24.3 Å². The fourth-order valence-corrected chi connectivity index (χ4v) is 4.29. The van der Waals surface area contributed by atoms with Crippen molar-refractivity contribution in [3.63, 3.8) is 0 Å². The van der Waals surface area contributed by atoms with Crippen LogP contribution in [0.3, 0.4) is 0 Å². The molecule has 6 nitrogen and oxygen atoms in total. The minimum Gasteiger partial charge on any atom is -0.380 e. The average Bonchev–Trinajstić information content (AvgIpc) is 3.56. The van der Waals surface area contributed by atoms with Crippen LogP contribution in [0, 0.1) is 0 Å². The summed E-state index contributed by atoms with van der Waals surface area (Å²) in [6.07, 6.45) is 1.09. The number of aliphatic hydroxyl groups is 1. The number of rotatable bonds is 3. The topological polar surface area (TPSA) is 73.7 Å². The number of nitrogens with zero attached hydrogens (tertiary/aromatic N) is 3. The molecule has 0 bridgehead atoms. The first-order valence-corrected chi connectivity index (χ1v) is 11.1. The van der Waals surface area contributed by atoms with Crippen LogP contribution < -0.4 is 5.30 Å². The van der Waals surface area contributed by atoms with Crippen molar-refractivity contribution < 1.29 is 14.7 Å². The zero-order chi connectivity index (χ0) is 21.6. The normalized spacial score (nSPS) is 17.6. The summed E-state index contributed by atoms with van der Waals surface area (Å²) >= 11 is 0. The summed E-state index contributed by atoms with van der Waals surface area (Å²) in [5, 5.41) is 12.2. The van der Waals surface area contributed by atoms with Gasteiger partial charge in [0.15, 0.2) is 0 Å². The maximum Gasteiger partial charge on any atom is 0.254 e. The predicted octanol–water partition coefficient (Wildman–Crippen LogP) is 2.21.